The van der Waals surface area contributed by atoms with Crippen LogP contribution < -0.4 is 16.2 Å². The number of sulfonamides is 1. The Hall–Kier alpha value is -1.96. The molecule has 2 aromatic carbocycles. The summed E-state index contributed by atoms with van der Waals surface area (Å²) in [5.74, 6) is -0.327. The summed E-state index contributed by atoms with van der Waals surface area (Å²) in [7, 11) is -3.70. The molecular formula is C14H16FN3O2S. The number of anilines is 1. The molecular weight excluding hydrogens is 293 g/mol. The highest BCUT2D eigenvalue weighted by Gasteiger charge is 2.07. The van der Waals surface area contributed by atoms with Gasteiger partial charge in [-0.3, -0.25) is 0 Å². The molecule has 0 bridgehead atoms. The van der Waals surface area contributed by atoms with Crippen LogP contribution in [0.2, 0.25) is 0 Å². The number of rotatable bonds is 5. The molecule has 0 unspecified atom stereocenters. The Labute approximate surface area is 122 Å². The molecule has 0 aliphatic heterocycles. The van der Waals surface area contributed by atoms with Crippen molar-refractivity contribution in [2.45, 2.75) is 18.0 Å². The van der Waals surface area contributed by atoms with Crippen molar-refractivity contribution in [1.82, 2.24) is 0 Å². The molecule has 0 spiro atoms. The van der Waals surface area contributed by atoms with Gasteiger partial charge in [0.1, 0.15) is 5.82 Å². The van der Waals surface area contributed by atoms with E-state index in [1.54, 1.807) is 24.3 Å². The topological polar surface area (TPSA) is 98.2 Å². The SMILES string of the molecule is NCc1ccc(CNc2ccc(S(N)(=O)=O)cc2)c(F)c1. The van der Waals surface area contributed by atoms with Crippen LogP contribution in [0.4, 0.5) is 10.1 Å². The predicted molar refractivity (Wildman–Crippen MR) is 79.4 cm³/mol. The quantitative estimate of drug-likeness (QED) is 0.780. The third kappa shape index (κ3) is 4.01. The number of nitrogens with two attached hydrogens (primary N) is 2. The Bertz CT molecular complexity index is 730. The number of hydrogen-bond acceptors (Lipinski definition) is 4. The lowest BCUT2D eigenvalue weighted by Gasteiger charge is -2.09. The Balaban J connectivity index is 2.06. The van der Waals surface area contributed by atoms with Crippen molar-refractivity contribution in [3.05, 3.63) is 59.4 Å². The van der Waals surface area contributed by atoms with Crippen LogP contribution in [0.3, 0.4) is 0 Å². The van der Waals surface area contributed by atoms with Crippen molar-refractivity contribution in [3.63, 3.8) is 0 Å². The molecule has 5 N–H and O–H groups in total. The molecule has 0 aromatic heterocycles. The van der Waals surface area contributed by atoms with Gasteiger partial charge in [-0.15, -0.1) is 0 Å². The monoisotopic (exact) mass is 309 g/mol. The summed E-state index contributed by atoms with van der Waals surface area (Å²) in [5.41, 5.74) is 7.35. The molecule has 2 rings (SSSR count). The lowest BCUT2D eigenvalue weighted by Crippen LogP contribution is -2.12. The third-order valence-electron chi connectivity index (χ3n) is 3.02. The number of benzene rings is 2. The van der Waals surface area contributed by atoms with E-state index in [0.29, 0.717) is 17.8 Å². The first-order chi connectivity index (χ1) is 9.90. The molecule has 2 aromatic rings. The Kier molecular flexibility index (Phi) is 4.56. The van der Waals surface area contributed by atoms with Crippen molar-refractivity contribution < 1.29 is 12.8 Å². The van der Waals surface area contributed by atoms with Crippen LogP contribution in [0.5, 0.6) is 0 Å². The molecule has 0 saturated carbocycles. The minimum atomic E-state index is -3.70. The highest BCUT2D eigenvalue weighted by atomic mass is 32.2. The van der Waals surface area contributed by atoms with Gasteiger partial charge in [-0.25, -0.2) is 17.9 Å². The lowest BCUT2D eigenvalue weighted by molar-refractivity contribution is 0.598. The first-order valence-corrected chi connectivity index (χ1v) is 7.79. The molecule has 21 heavy (non-hydrogen) atoms. The van der Waals surface area contributed by atoms with E-state index in [9.17, 15) is 12.8 Å². The van der Waals surface area contributed by atoms with Crippen LogP contribution in [-0.4, -0.2) is 8.42 Å². The van der Waals surface area contributed by atoms with Crippen LogP contribution in [0.25, 0.3) is 0 Å². The Morgan fingerprint density at radius 2 is 1.76 bits per heavy atom. The number of hydrogen-bond donors (Lipinski definition) is 3. The van der Waals surface area contributed by atoms with Gasteiger partial charge < -0.3 is 11.1 Å². The summed E-state index contributed by atoms with van der Waals surface area (Å²) in [6, 6.07) is 10.8. The molecule has 0 aliphatic rings. The van der Waals surface area contributed by atoms with Crippen LogP contribution in [-0.2, 0) is 23.1 Å². The average Bonchev–Trinajstić information content (AvgIpc) is 2.45. The van der Waals surface area contributed by atoms with Crippen molar-refractivity contribution in [3.8, 4) is 0 Å². The van der Waals surface area contributed by atoms with Gasteiger partial charge in [-0.1, -0.05) is 12.1 Å². The maximum atomic E-state index is 13.8. The van der Waals surface area contributed by atoms with Gasteiger partial charge in [0, 0.05) is 24.3 Å². The summed E-state index contributed by atoms with van der Waals surface area (Å²) in [5, 5.41) is 8.02. The zero-order valence-electron chi connectivity index (χ0n) is 11.2. The average molecular weight is 309 g/mol. The van der Waals surface area contributed by atoms with Crippen molar-refractivity contribution in [2.24, 2.45) is 10.9 Å². The van der Waals surface area contributed by atoms with E-state index < -0.39 is 10.0 Å². The van der Waals surface area contributed by atoms with E-state index in [4.69, 9.17) is 10.9 Å². The van der Waals surface area contributed by atoms with Gasteiger partial charge in [0.25, 0.3) is 0 Å². The summed E-state index contributed by atoms with van der Waals surface area (Å²) in [4.78, 5) is 0.0338. The third-order valence-corrected chi connectivity index (χ3v) is 3.95. The highest BCUT2D eigenvalue weighted by molar-refractivity contribution is 7.89. The van der Waals surface area contributed by atoms with Gasteiger partial charge in [0.2, 0.25) is 10.0 Å². The maximum absolute atomic E-state index is 13.8. The summed E-state index contributed by atoms with van der Waals surface area (Å²) >= 11 is 0. The van der Waals surface area contributed by atoms with Gasteiger partial charge in [0.05, 0.1) is 4.90 Å². The molecule has 0 amide bonds. The largest absolute Gasteiger partial charge is 0.381 e. The molecule has 0 heterocycles. The zero-order valence-corrected chi connectivity index (χ0v) is 12.0. The van der Waals surface area contributed by atoms with E-state index >= 15 is 0 Å². The fraction of sp³-hybridized carbons (Fsp3) is 0.143. The standard InChI is InChI=1S/C14H16FN3O2S/c15-14-7-10(8-16)1-2-11(14)9-18-12-3-5-13(6-4-12)21(17,19)20/h1-7,18H,8-9,16H2,(H2,17,19,20). The summed E-state index contributed by atoms with van der Waals surface area (Å²) in [6.07, 6.45) is 0. The number of halogens is 1. The fourth-order valence-electron chi connectivity index (χ4n) is 1.82. The summed E-state index contributed by atoms with van der Waals surface area (Å²) < 4.78 is 36.0. The first kappa shape index (κ1) is 15.4. The second kappa shape index (κ2) is 6.21. The molecule has 0 fully saturated rings. The second-order valence-electron chi connectivity index (χ2n) is 4.55. The van der Waals surface area contributed by atoms with Crippen LogP contribution in [0, 0.1) is 5.82 Å². The smallest absolute Gasteiger partial charge is 0.238 e. The fourth-order valence-corrected chi connectivity index (χ4v) is 2.34. The molecule has 112 valence electrons. The maximum Gasteiger partial charge on any atom is 0.238 e. The molecule has 0 atom stereocenters. The molecule has 0 saturated heterocycles. The minimum Gasteiger partial charge on any atom is -0.381 e. The van der Waals surface area contributed by atoms with Gasteiger partial charge in [0.15, 0.2) is 0 Å². The van der Waals surface area contributed by atoms with E-state index in [2.05, 4.69) is 5.32 Å². The predicted octanol–water partition coefficient (Wildman–Crippen LogP) is 1.54. The van der Waals surface area contributed by atoms with E-state index in [0.717, 1.165) is 5.56 Å². The van der Waals surface area contributed by atoms with E-state index in [-0.39, 0.29) is 17.3 Å². The summed E-state index contributed by atoms with van der Waals surface area (Å²) in [6.45, 7) is 0.574. The molecule has 7 heteroatoms. The second-order valence-corrected chi connectivity index (χ2v) is 6.11. The molecule has 0 aliphatic carbocycles. The lowest BCUT2D eigenvalue weighted by atomic mass is 10.1. The van der Waals surface area contributed by atoms with Crippen molar-refractivity contribution in [2.75, 3.05) is 5.32 Å². The van der Waals surface area contributed by atoms with E-state index in [1.807, 2.05) is 0 Å². The zero-order chi connectivity index (χ0) is 15.5. The Morgan fingerprint density at radius 3 is 2.29 bits per heavy atom. The molecule has 0 radical (unpaired) electrons. The first-order valence-electron chi connectivity index (χ1n) is 6.24. The van der Waals surface area contributed by atoms with Crippen molar-refractivity contribution >= 4 is 15.7 Å². The van der Waals surface area contributed by atoms with Crippen LogP contribution >= 0.6 is 0 Å². The van der Waals surface area contributed by atoms with Gasteiger partial charge in [-0.2, -0.15) is 0 Å². The van der Waals surface area contributed by atoms with Crippen LogP contribution in [0.15, 0.2) is 47.4 Å². The number of nitrogens with one attached hydrogen (secondary N) is 1. The number of primary sulfonamides is 1. The highest BCUT2D eigenvalue weighted by Crippen LogP contribution is 2.15. The minimum absolute atomic E-state index is 0.0338. The normalized spacial score (nSPS) is 11.4. The van der Waals surface area contributed by atoms with E-state index in [1.165, 1.54) is 18.2 Å². The molecule has 5 nitrogen and oxygen atoms in total. The Morgan fingerprint density at radius 1 is 1.10 bits per heavy atom. The van der Waals surface area contributed by atoms with Gasteiger partial charge in [-0.05, 0) is 35.9 Å². The van der Waals surface area contributed by atoms with Crippen molar-refractivity contribution in [1.29, 1.82) is 0 Å². The van der Waals surface area contributed by atoms with Crippen LogP contribution in [0.1, 0.15) is 11.1 Å². The van der Waals surface area contributed by atoms with Gasteiger partial charge >= 0.3 is 0 Å².